The third-order valence-corrected chi connectivity index (χ3v) is 6.76. The average Bonchev–Trinajstić information content (AvgIpc) is 3.13. The van der Waals surface area contributed by atoms with Gasteiger partial charge < -0.3 is 5.73 Å². The van der Waals surface area contributed by atoms with E-state index in [2.05, 4.69) is 35.6 Å². The number of hydrogen-bond acceptors (Lipinski definition) is 4. The molecule has 136 valence electrons. The minimum atomic E-state index is -3.08. The molecule has 0 radical (unpaired) electrons. The lowest BCUT2D eigenvalue weighted by molar-refractivity contribution is 0.261. The molecule has 1 fully saturated rings. The van der Waals surface area contributed by atoms with E-state index in [-0.39, 0.29) is 11.8 Å². The van der Waals surface area contributed by atoms with Crippen molar-refractivity contribution in [3.8, 4) is 11.1 Å². The summed E-state index contributed by atoms with van der Waals surface area (Å²) in [5.74, 6) is 0.170. The minimum Gasteiger partial charge on any atom is -0.330 e. The first-order chi connectivity index (χ1) is 12.0. The molecule has 2 aromatic rings. The number of nitrogens with zero attached hydrogens (tertiary/aromatic N) is 3. The topological polar surface area (TPSA) is 81.2 Å². The predicted molar refractivity (Wildman–Crippen MR) is 99.7 cm³/mol. The van der Waals surface area contributed by atoms with Gasteiger partial charge in [0.15, 0.2) is 0 Å². The van der Waals surface area contributed by atoms with Gasteiger partial charge in [-0.2, -0.15) is 5.10 Å². The van der Waals surface area contributed by atoms with Crippen molar-refractivity contribution in [2.45, 2.75) is 32.2 Å². The number of rotatable bonds is 6. The maximum absolute atomic E-state index is 12.0. The van der Waals surface area contributed by atoms with Gasteiger partial charge in [-0.1, -0.05) is 24.3 Å². The Hall–Kier alpha value is -1.70. The van der Waals surface area contributed by atoms with Gasteiger partial charge >= 0.3 is 0 Å². The van der Waals surface area contributed by atoms with Gasteiger partial charge in [-0.05, 0) is 43.9 Å². The summed E-state index contributed by atoms with van der Waals surface area (Å²) in [6, 6.07) is 8.67. The highest BCUT2D eigenvalue weighted by Crippen LogP contribution is 2.26. The van der Waals surface area contributed by atoms with Gasteiger partial charge in [0.25, 0.3) is 0 Å². The van der Waals surface area contributed by atoms with Gasteiger partial charge in [0.05, 0.1) is 18.0 Å². The summed E-state index contributed by atoms with van der Waals surface area (Å²) in [5.41, 5.74) is 9.05. The van der Waals surface area contributed by atoms with Crippen molar-refractivity contribution in [2.24, 2.45) is 5.73 Å². The third kappa shape index (κ3) is 4.11. The van der Waals surface area contributed by atoms with Gasteiger partial charge in [-0.25, -0.2) is 12.7 Å². The quantitative estimate of drug-likeness (QED) is 0.853. The number of piperidine rings is 1. The van der Waals surface area contributed by atoms with Gasteiger partial charge in [0.2, 0.25) is 10.0 Å². The molecule has 0 amide bonds. The van der Waals surface area contributed by atoms with E-state index < -0.39 is 10.0 Å². The molecule has 0 saturated carbocycles. The van der Waals surface area contributed by atoms with Gasteiger partial charge in [0, 0.05) is 24.8 Å². The van der Waals surface area contributed by atoms with Gasteiger partial charge in [-0.3, -0.25) is 4.68 Å². The number of hydrogen-bond donors (Lipinski definition) is 1. The first-order valence-electron chi connectivity index (χ1n) is 8.85. The van der Waals surface area contributed by atoms with Crippen molar-refractivity contribution in [3.05, 3.63) is 42.2 Å². The molecule has 1 aliphatic heterocycles. The van der Waals surface area contributed by atoms with Gasteiger partial charge in [-0.15, -0.1) is 0 Å². The molecule has 6 nitrogen and oxygen atoms in total. The minimum absolute atomic E-state index is 0.170. The molecule has 0 bridgehead atoms. The summed E-state index contributed by atoms with van der Waals surface area (Å²) in [5, 5.41) is 4.51. The van der Waals surface area contributed by atoms with Crippen LogP contribution in [0.4, 0.5) is 0 Å². The zero-order chi connectivity index (χ0) is 17.9. The summed E-state index contributed by atoms with van der Waals surface area (Å²) in [6.45, 7) is 3.50. The number of nitrogens with two attached hydrogens (primary N) is 1. The highest BCUT2D eigenvalue weighted by Gasteiger charge is 2.27. The van der Waals surface area contributed by atoms with Crippen molar-refractivity contribution in [2.75, 3.05) is 25.4 Å². The lowest BCUT2D eigenvalue weighted by Gasteiger charge is -2.31. The summed E-state index contributed by atoms with van der Waals surface area (Å²) in [4.78, 5) is 0. The van der Waals surface area contributed by atoms with Crippen molar-refractivity contribution >= 4 is 10.0 Å². The fourth-order valence-electron chi connectivity index (χ4n) is 3.28. The van der Waals surface area contributed by atoms with Crippen LogP contribution >= 0.6 is 0 Å². The number of sulfonamides is 1. The molecule has 1 aromatic heterocycles. The van der Waals surface area contributed by atoms with Crippen LogP contribution in [0.5, 0.6) is 0 Å². The molecule has 2 heterocycles. The molecule has 7 heteroatoms. The zero-order valence-corrected chi connectivity index (χ0v) is 15.5. The second-order valence-electron chi connectivity index (χ2n) is 6.48. The zero-order valence-electron chi connectivity index (χ0n) is 14.6. The summed E-state index contributed by atoms with van der Waals surface area (Å²) in [6.07, 6.45) is 6.43. The van der Waals surface area contributed by atoms with Gasteiger partial charge in [0.1, 0.15) is 0 Å². The maximum Gasteiger partial charge on any atom is 0.213 e. The smallest absolute Gasteiger partial charge is 0.213 e. The van der Waals surface area contributed by atoms with E-state index in [1.54, 1.807) is 11.2 Å². The van der Waals surface area contributed by atoms with Crippen molar-refractivity contribution in [1.29, 1.82) is 0 Å². The molecular formula is C18H26N4O2S. The van der Waals surface area contributed by atoms with Crippen LogP contribution in [0.25, 0.3) is 11.1 Å². The molecule has 0 atom stereocenters. The number of aromatic nitrogens is 2. The normalized spacial score (nSPS) is 17.0. The van der Waals surface area contributed by atoms with Crippen LogP contribution in [0.2, 0.25) is 0 Å². The average molecular weight is 362 g/mol. The standard InChI is InChI=1S/C18H26N4O2S/c1-2-25(23,24)21-11-8-18(9-12-21)22-14-17(13-20-22)16-5-3-15(4-6-16)7-10-19/h3-6,13-14,18H,2,7-12,19H2,1H3. The van der Waals surface area contributed by atoms with Crippen molar-refractivity contribution in [3.63, 3.8) is 0 Å². The molecule has 2 N–H and O–H groups in total. The second kappa shape index (κ2) is 7.68. The highest BCUT2D eigenvalue weighted by atomic mass is 32.2. The van der Waals surface area contributed by atoms with Crippen LogP contribution in [0.15, 0.2) is 36.7 Å². The molecule has 1 aromatic carbocycles. The Bertz CT molecular complexity index is 791. The number of benzene rings is 1. The van der Waals surface area contributed by atoms with E-state index in [9.17, 15) is 8.42 Å². The largest absolute Gasteiger partial charge is 0.330 e. The monoisotopic (exact) mass is 362 g/mol. The van der Waals surface area contributed by atoms with Crippen LogP contribution in [-0.4, -0.2) is 47.9 Å². The second-order valence-corrected chi connectivity index (χ2v) is 8.73. The summed E-state index contributed by atoms with van der Waals surface area (Å²) < 4.78 is 27.5. The first-order valence-corrected chi connectivity index (χ1v) is 10.5. The van der Waals surface area contributed by atoms with Crippen LogP contribution in [0.1, 0.15) is 31.4 Å². The van der Waals surface area contributed by atoms with E-state index in [0.29, 0.717) is 19.6 Å². The van der Waals surface area contributed by atoms with Crippen LogP contribution in [0, 0.1) is 0 Å². The Morgan fingerprint density at radius 3 is 2.44 bits per heavy atom. The predicted octanol–water partition coefficient (Wildman–Crippen LogP) is 2.04. The molecule has 0 spiro atoms. The Kier molecular flexibility index (Phi) is 5.56. The van der Waals surface area contributed by atoms with E-state index in [1.807, 2.05) is 10.9 Å². The van der Waals surface area contributed by atoms with Crippen LogP contribution < -0.4 is 5.73 Å². The van der Waals surface area contributed by atoms with Crippen molar-refractivity contribution in [1.82, 2.24) is 14.1 Å². The Morgan fingerprint density at radius 2 is 1.84 bits per heavy atom. The van der Waals surface area contributed by atoms with Crippen LogP contribution in [-0.2, 0) is 16.4 Å². The van der Waals surface area contributed by atoms with E-state index in [0.717, 1.165) is 30.4 Å². The fourth-order valence-corrected chi connectivity index (χ4v) is 4.42. The molecule has 0 unspecified atom stereocenters. The summed E-state index contributed by atoms with van der Waals surface area (Å²) in [7, 11) is -3.08. The molecule has 25 heavy (non-hydrogen) atoms. The lowest BCUT2D eigenvalue weighted by atomic mass is 10.1. The van der Waals surface area contributed by atoms with Crippen molar-refractivity contribution < 1.29 is 8.42 Å². The Labute approximate surface area is 149 Å². The van der Waals surface area contributed by atoms with E-state index in [1.165, 1.54) is 5.56 Å². The van der Waals surface area contributed by atoms with Crippen LogP contribution in [0.3, 0.4) is 0 Å². The summed E-state index contributed by atoms with van der Waals surface area (Å²) >= 11 is 0. The highest BCUT2D eigenvalue weighted by molar-refractivity contribution is 7.89. The third-order valence-electron chi connectivity index (χ3n) is 4.88. The molecule has 1 saturated heterocycles. The Balaban J connectivity index is 1.66. The molecule has 0 aliphatic carbocycles. The Morgan fingerprint density at radius 1 is 1.16 bits per heavy atom. The molecule has 3 rings (SSSR count). The van der Waals surface area contributed by atoms with E-state index in [4.69, 9.17) is 5.73 Å². The molecular weight excluding hydrogens is 336 g/mol. The maximum atomic E-state index is 12.0. The fraction of sp³-hybridized carbons (Fsp3) is 0.500. The SMILES string of the molecule is CCS(=O)(=O)N1CCC(n2cc(-c3ccc(CCN)cc3)cn2)CC1. The van der Waals surface area contributed by atoms with E-state index >= 15 is 0 Å². The molecule has 1 aliphatic rings. The first kappa shape index (κ1) is 18.1. The lowest BCUT2D eigenvalue weighted by Crippen LogP contribution is -2.39.